The lowest BCUT2D eigenvalue weighted by atomic mass is 9.90. The monoisotopic (exact) mass is 791 g/mol. The number of fused-ring (bicyclic) bond motifs is 2. The van der Waals surface area contributed by atoms with Crippen LogP contribution in [0.3, 0.4) is 0 Å². The zero-order chi connectivity index (χ0) is 40.5. The molecule has 1 saturated heterocycles. The number of nitrogens with zero attached hydrogens (tertiary/aromatic N) is 5. The van der Waals surface area contributed by atoms with Gasteiger partial charge in [-0.25, -0.2) is 4.98 Å². The predicted molar refractivity (Wildman–Crippen MR) is 222 cm³/mol. The van der Waals surface area contributed by atoms with Crippen molar-refractivity contribution in [3.8, 4) is 0 Å². The summed E-state index contributed by atoms with van der Waals surface area (Å²) in [6, 6.07) is 21.2. The molecular weight excluding hydrogens is 746 g/mol. The van der Waals surface area contributed by atoms with Gasteiger partial charge in [-0.3, -0.25) is 28.7 Å². The van der Waals surface area contributed by atoms with E-state index in [1.807, 2.05) is 49.3 Å². The number of hydrogen-bond donors (Lipinski definition) is 5. The van der Waals surface area contributed by atoms with E-state index >= 15 is 0 Å². The van der Waals surface area contributed by atoms with Crippen molar-refractivity contribution < 1.29 is 19.5 Å². The van der Waals surface area contributed by atoms with Crippen LogP contribution < -0.4 is 21.5 Å². The average Bonchev–Trinajstić information content (AvgIpc) is 3.20. The number of rotatable bonds is 15. The molecule has 296 valence electrons. The summed E-state index contributed by atoms with van der Waals surface area (Å²) >= 11 is 6.23. The number of aromatic nitrogens is 3. The van der Waals surface area contributed by atoms with Crippen LogP contribution in [0.5, 0.6) is 0 Å². The molecule has 14 nitrogen and oxygen atoms in total. The fourth-order valence-electron chi connectivity index (χ4n) is 6.62. The van der Waals surface area contributed by atoms with Crippen molar-refractivity contribution in [3.05, 3.63) is 124 Å². The molecule has 5 N–H and O–H groups in total. The molecule has 0 saturated carbocycles. The molecule has 3 amide bonds. The normalized spacial score (nSPS) is 14.1. The third-order valence-electron chi connectivity index (χ3n) is 9.87. The van der Waals surface area contributed by atoms with E-state index in [0.717, 1.165) is 10.9 Å². The summed E-state index contributed by atoms with van der Waals surface area (Å²) in [5.41, 5.74) is 1.60. The summed E-state index contributed by atoms with van der Waals surface area (Å²) in [7, 11) is 3.78. The predicted octanol–water partition coefficient (Wildman–Crippen LogP) is 4.01. The molecule has 0 spiro atoms. The summed E-state index contributed by atoms with van der Waals surface area (Å²) in [6.07, 6.45) is 5.47. The van der Waals surface area contributed by atoms with Crippen molar-refractivity contribution in [2.24, 2.45) is 0 Å². The minimum Gasteiger partial charge on any atom is -0.388 e. The number of nitrogens with one attached hydrogen (secondary N) is 4. The van der Waals surface area contributed by atoms with Crippen LogP contribution in [0.1, 0.15) is 35.2 Å². The lowest BCUT2D eigenvalue weighted by Gasteiger charge is -2.38. The standard InChI is InChI=1S/C42H46ClN9O5/c1-50(2)19-13-38(53)49-30-9-11-32-37(24-30)48-27-52(40(32)55)26-42(57)14-20-51(21-15-42)41(56)33(35(44)22-28-6-4-3-5-7-28)25-45-17-18-47-39(54)29-8-10-31-34(43)12-16-46-36(31)23-29/h3-12,16,23-25,27,44-45,57H,13-15,17-22,26H2,1-2H3,(H,47,54)(H,49,53)/b33-25+,44-35?. The molecule has 2 aromatic heterocycles. The summed E-state index contributed by atoms with van der Waals surface area (Å²) in [5.74, 6) is -0.781. The number of carbonyl (C=O) groups is 3. The molecule has 0 aliphatic carbocycles. The molecule has 1 aliphatic heterocycles. The number of piperidine rings is 1. The highest BCUT2D eigenvalue weighted by molar-refractivity contribution is 6.35. The van der Waals surface area contributed by atoms with Gasteiger partial charge in [-0.05, 0) is 68.9 Å². The zero-order valence-electron chi connectivity index (χ0n) is 31.9. The second-order valence-corrected chi connectivity index (χ2v) is 14.9. The van der Waals surface area contributed by atoms with Crippen molar-refractivity contribution >= 4 is 62.5 Å². The third kappa shape index (κ3) is 10.5. The molecule has 6 rings (SSSR count). The SMILES string of the molecule is CN(C)CCC(=O)Nc1ccc2c(=O)n(CC3(O)CCN(C(=O)/C(=C/NCCNC(=O)c4ccc5c(Cl)ccnc5c4)C(=N)Cc4ccccc4)CC3)cnc2c1. The fraction of sp³-hybridized carbons (Fsp3) is 0.310. The van der Waals surface area contributed by atoms with Crippen molar-refractivity contribution in [2.45, 2.75) is 37.8 Å². The molecule has 5 aromatic rings. The summed E-state index contributed by atoms with van der Waals surface area (Å²) in [5, 5.41) is 31.0. The minimum atomic E-state index is -1.28. The highest BCUT2D eigenvalue weighted by atomic mass is 35.5. The lowest BCUT2D eigenvalue weighted by Crippen LogP contribution is -2.50. The minimum absolute atomic E-state index is 0.0108. The summed E-state index contributed by atoms with van der Waals surface area (Å²) in [4.78, 5) is 64.8. The van der Waals surface area contributed by atoms with Crippen molar-refractivity contribution in [1.29, 1.82) is 5.41 Å². The van der Waals surface area contributed by atoms with Crippen LogP contribution in [0.15, 0.2) is 102 Å². The Bertz CT molecular complexity index is 2370. The molecule has 1 fully saturated rings. The number of anilines is 1. The molecule has 0 unspecified atom stereocenters. The second kappa shape index (κ2) is 18.3. The molecule has 0 bridgehead atoms. The van der Waals surface area contributed by atoms with Gasteiger partial charge in [-0.1, -0.05) is 48.0 Å². The molecule has 3 heterocycles. The largest absolute Gasteiger partial charge is 0.388 e. The first-order valence-electron chi connectivity index (χ1n) is 18.7. The van der Waals surface area contributed by atoms with E-state index in [2.05, 4.69) is 25.9 Å². The van der Waals surface area contributed by atoms with Crippen molar-refractivity contribution in [1.82, 2.24) is 35.0 Å². The Labute approximate surface area is 335 Å². The van der Waals surface area contributed by atoms with Gasteiger partial charge in [-0.2, -0.15) is 0 Å². The Balaban J connectivity index is 1.07. The van der Waals surface area contributed by atoms with Gasteiger partial charge < -0.3 is 36.3 Å². The van der Waals surface area contributed by atoms with Crippen molar-refractivity contribution in [3.63, 3.8) is 0 Å². The number of aliphatic hydroxyl groups is 1. The molecule has 15 heteroatoms. The Kier molecular flexibility index (Phi) is 13.1. The maximum absolute atomic E-state index is 14.0. The van der Waals surface area contributed by atoms with Crippen molar-refractivity contribution in [2.75, 3.05) is 52.1 Å². The quantitative estimate of drug-likeness (QED) is 0.0594. The Hall–Kier alpha value is -5.96. The van der Waals surface area contributed by atoms with Crippen LogP contribution in [-0.2, 0) is 22.6 Å². The van der Waals surface area contributed by atoms with E-state index in [-0.39, 0.29) is 80.0 Å². The zero-order valence-corrected chi connectivity index (χ0v) is 32.7. The Morgan fingerprint density at radius 1 is 0.965 bits per heavy atom. The van der Waals surface area contributed by atoms with E-state index in [4.69, 9.17) is 17.0 Å². The number of benzene rings is 3. The summed E-state index contributed by atoms with van der Waals surface area (Å²) in [6.45, 7) is 1.55. The maximum atomic E-state index is 14.0. The van der Waals surface area contributed by atoms with Crippen LogP contribution in [0.25, 0.3) is 21.8 Å². The van der Waals surface area contributed by atoms with E-state index in [1.54, 1.807) is 53.6 Å². The van der Waals surface area contributed by atoms with E-state index in [0.29, 0.717) is 52.2 Å². The van der Waals surface area contributed by atoms with Gasteiger partial charge in [0.05, 0.1) is 45.5 Å². The summed E-state index contributed by atoms with van der Waals surface area (Å²) < 4.78 is 1.38. The highest BCUT2D eigenvalue weighted by Gasteiger charge is 2.36. The van der Waals surface area contributed by atoms with Gasteiger partial charge in [-0.15, -0.1) is 0 Å². The number of hydrogen-bond acceptors (Lipinski definition) is 10. The third-order valence-corrected chi connectivity index (χ3v) is 10.2. The maximum Gasteiger partial charge on any atom is 0.261 e. The average molecular weight is 792 g/mol. The first-order chi connectivity index (χ1) is 27.4. The van der Waals surface area contributed by atoms with Crippen LogP contribution in [0.4, 0.5) is 5.69 Å². The second-order valence-electron chi connectivity index (χ2n) is 14.5. The first-order valence-corrected chi connectivity index (χ1v) is 19.1. The van der Waals surface area contributed by atoms with Crippen LogP contribution in [-0.4, -0.2) is 105 Å². The fourth-order valence-corrected chi connectivity index (χ4v) is 6.84. The van der Waals surface area contributed by atoms with Gasteiger partial charge >= 0.3 is 0 Å². The molecule has 57 heavy (non-hydrogen) atoms. The van der Waals surface area contributed by atoms with Gasteiger partial charge in [0.25, 0.3) is 17.4 Å². The van der Waals surface area contributed by atoms with E-state index < -0.39 is 5.60 Å². The Morgan fingerprint density at radius 3 is 2.46 bits per heavy atom. The number of carbonyl (C=O) groups excluding carboxylic acids is 3. The van der Waals surface area contributed by atoms with Crippen LogP contribution in [0.2, 0.25) is 5.02 Å². The molecule has 3 aromatic carbocycles. The topological polar surface area (TPSA) is 186 Å². The molecule has 0 radical (unpaired) electrons. The van der Waals surface area contributed by atoms with Crippen LogP contribution >= 0.6 is 11.6 Å². The van der Waals surface area contributed by atoms with E-state index in [9.17, 15) is 24.3 Å². The number of pyridine rings is 1. The van der Waals surface area contributed by atoms with Gasteiger partial charge in [0.1, 0.15) is 0 Å². The van der Waals surface area contributed by atoms with Gasteiger partial charge in [0.2, 0.25) is 5.91 Å². The lowest BCUT2D eigenvalue weighted by molar-refractivity contribution is -0.131. The number of halogens is 1. The first kappa shape index (κ1) is 40.7. The smallest absolute Gasteiger partial charge is 0.261 e. The number of likely N-dealkylation sites (tertiary alicyclic amines) is 1. The number of amides is 3. The van der Waals surface area contributed by atoms with Gasteiger partial charge in [0.15, 0.2) is 0 Å². The van der Waals surface area contributed by atoms with E-state index in [1.165, 1.54) is 17.1 Å². The highest BCUT2D eigenvalue weighted by Crippen LogP contribution is 2.26. The molecular formula is C42H46ClN9O5. The molecule has 1 aliphatic rings. The van der Waals surface area contributed by atoms with Gasteiger partial charge in [0, 0.05) is 80.3 Å². The molecule has 0 atom stereocenters. The Morgan fingerprint density at radius 2 is 1.70 bits per heavy atom. The van der Waals surface area contributed by atoms with Crippen LogP contribution in [0, 0.1) is 5.41 Å².